The Kier molecular flexibility index (Phi) is 5.32. The minimum atomic E-state index is -0.734. The molecule has 0 saturated carbocycles. The van der Waals surface area contributed by atoms with Crippen LogP contribution in [0.3, 0.4) is 0 Å². The highest BCUT2D eigenvalue weighted by Gasteiger charge is 2.19. The molecule has 7 nitrogen and oxygen atoms in total. The molecule has 22 heavy (non-hydrogen) atoms. The summed E-state index contributed by atoms with van der Waals surface area (Å²) in [6.45, 7) is 4.13. The van der Waals surface area contributed by atoms with Crippen LogP contribution in [0.15, 0.2) is 17.2 Å². The van der Waals surface area contributed by atoms with Crippen molar-refractivity contribution >= 4 is 28.6 Å². The van der Waals surface area contributed by atoms with Crippen LogP contribution in [0.5, 0.6) is 0 Å². The predicted octanol–water partition coefficient (Wildman–Crippen LogP) is 1.85. The second kappa shape index (κ2) is 7.22. The lowest BCUT2D eigenvalue weighted by molar-refractivity contribution is 0.0514. The molecule has 0 radical (unpaired) electrons. The lowest BCUT2D eigenvalue weighted by Crippen LogP contribution is -2.33. The molecule has 0 atom stereocenters. The fraction of sp³-hybridized carbons (Fsp3) is 0.429. The molecule has 0 unspecified atom stereocenters. The largest absolute Gasteiger partial charge is 0.462 e. The van der Waals surface area contributed by atoms with Gasteiger partial charge in [0, 0.05) is 0 Å². The molecule has 2 aromatic heterocycles. The number of hydrogen-bond acceptors (Lipinski definition) is 6. The zero-order valence-electron chi connectivity index (χ0n) is 12.3. The minimum Gasteiger partial charge on any atom is -0.462 e. The van der Waals surface area contributed by atoms with Crippen LogP contribution < -0.4 is 10.4 Å². The second-order valence-corrected chi connectivity index (χ2v) is 4.82. The van der Waals surface area contributed by atoms with Gasteiger partial charge in [0.05, 0.1) is 12.0 Å². The number of carbonyl (C=O) groups excluding carboxylic acids is 1. The van der Waals surface area contributed by atoms with E-state index in [0.717, 1.165) is 17.6 Å². The zero-order chi connectivity index (χ0) is 16.1. The number of carbonyl (C=O) groups is 1. The lowest BCUT2D eigenvalue weighted by atomic mass is 10.2. The summed E-state index contributed by atoms with van der Waals surface area (Å²) < 4.78 is 5.86. The summed E-state index contributed by atoms with van der Waals surface area (Å²) >= 11 is 6.02. The number of pyridine rings is 1. The van der Waals surface area contributed by atoms with Crippen LogP contribution in [0.25, 0.3) is 11.0 Å². The number of fused-ring (bicyclic) bond motifs is 1. The summed E-state index contributed by atoms with van der Waals surface area (Å²) in [6, 6.07) is 1.33. The molecular weight excluding hydrogens is 310 g/mol. The van der Waals surface area contributed by atoms with Crippen molar-refractivity contribution < 1.29 is 14.4 Å². The highest BCUT2D eigenvalue weighted by molar-refractivity contribution is 6.34. The average molecular weight is 326 g/mol. The first kappa shape index (κ1) is 16.2. The Bertz CT molecular complexity index is 745. The Hall–Kier alpha value is -2.15. The monoisotopic (exact) mass is 325 g/mol. The number of esters is 1. The smallest absolute Gasteiger partial charge is 0.343 e. The maximum Gasteiger partial charge on any atom is 0.343 e. The van der Waals surface area contributed by atoms with E-state index in [-0.39, 0.29) is 23.0 Å². The minimum absolute atomic E-state index is 0.128. The molecule has 0 fully saturated rings. The molecule has 2 heterocycles. The summed E-state index contributed by atoms with van der Waals surface area (Å²) in [5.74, 6) is -0.734. The van der Waals surface area contributed by atoms with E-state index >= 15 is 0 Å². The van der Waals surface area contributed by atoms with Gasteiger partial charge in [-0.2, -0.15) is 0 Å². The van der Waals surface area contributed by atoms with Crippen LogP contribution in [-0.4, -0.2) is 33.9 Å². The Balaban J connectivity index is 2.62. The first-order valence-electron chi connectivity index (χ1n) is 6.96. The third kappa shape index (κ3) is 3.19. The van der Waals surface area contributed by atoms with Crippen molar-refractivity contribution in [3.63, 3.8) is 0 Å². The molecule has 0 amide bonds. The molecule has 0 N–H and O–H groups in total. The van der Waals surface area contributed by atoms with Gasteiger partial charge in [0.25, 0.3) is 5.56 Å². The van der Waals surface area contributed by atoms with Crippen LogP contribution in [0.2, 0.25) is 5.15 Å². The van der Waals surface area contributed by atoms with Crippen molar-refractivity contribution in [3.8, 4) is 0 Å². The molecule has 2 rings (SSSR count). The lowest BCUT2D eigenvalue weighted by Gasteiger charge is -2.12. The van der Waals surface area contributed by atoms with Gasteiger partial charge in [-0.05, 0) is 19.4 Å². The van der Waals surface area contributed by atoms with Gasteiger partial charge in [-0.1, -0.05) is 24.9 Å². The van der Waals surface area contributed by atoms with E-state index in [1.54, 1.807) is 6.92 Å². The van der Waals surface area contributed by atoms with Crippen molar-refractivity contribution in [3.05, 3.63) is 33.5 Å². The van der Waals surface area contributed by atoms with E-state index in [9.17, 15) is 9.59 Å². The van der Waals surface area contributed by atoms with Crippen molar-refractivity contribution in [2.24, 2.45) is 0 Å². The Labute approximate surface area is 131 Å². The van der Waals surface area contributed by atoms with Gasteiger partial charge in [0.2, 0.25) is 0 Å². The van der Waals surface area contributed by atoms with Gasteiger partial charge in [-0.3, -0.25) is 4.79 Å². The van der Waals surface area contributed by atoms with E-state index in [2.05, 4.69) is 9.97 Å². The average Bonchev–Trinajstić information content (AvgIpc) is 2.50. The summed E-state index contributed by atoms with van der Waals surface area (Å²) in [5.41, 5.74) is -0.575. The van der Waals surface area contributed by atoms with Crippen molar-refractivity contribution in [1.82, 2.24) is 14.7 Å². The maximum atomic E-state index is 12.4. The van der Waals surface area contributed by atoms with Gasteiger partial charge >= 0.3 is 5.97 Å². The summed E-state index contributed by atoms with van der Waals surface area (Å²) in [5, 5.41) is 0.478. The van der Waals surface area contributed by atoms with Crippen LogP contribution in [0, 0.1) is 0 Å². The number of unbranched alkanes of at least 4 members (excludes halogenated alkanes) is 1. The fourth-order valence-corrected chi connectivity index (χ4v) is 2.02. The van der Waals surface area contributed by atoms with E-state index < -0.39 is 11.5 Å². The first-order chi connectivity index (χ1) is 10.6. The van der Waals surface area contributed by atoms with Crippen LogP contribution >= 0.6 is 11.6 Å². The van der Waals surface area contributed by atoms with Crippen LogP contribution in [0.1, 0.15) is 37.0 Å². The molecule has 0 bridgehead atoms. The highest BCUT2D eigenvalue weighted by Crippen LogP contribution is 2.18. The van der Waals surface area contributed by atoms with Gasteiger partial charge in [-0.25, -0.2) is 14.8 Å². The first-order valence-corrected chi connectivity index (χ1v) is 7.34. The fourth-order valence-electron chi connectivity index (χ4n) is 1.84. The van der Waals surface area contributed by atoms with E-state index in [4.69, 9.17) is 21.2 Å². The third-order valence-electron chi connectivity index (χ3n) is 2.92. The van der Waals surface area contributed by atoms with Gasteiger partial charge in [0.15, 0.2) is 5.65 Å². The Morgan fingerprint density at radius 2 is 2.14 bits per heavy atom. The number of ether oxygens (including phenoxy) is 1. The quantitative estimate of drug-likeness (QED) is 0.458. The standard InChI is InChI=1S/C14H16ClN3O4/c1-3-5-6-22-18-12-9(11(15)16-8-17-12)7-10(13(18)19)14(20)21-4-2/h7-8H,3-6H2,1-2H3. The van der Waals surface area contributed by atoms with Gasteiger partial charge in [-0.15, -0.1) is 4.73 Å². The molecule has 8 heteroatoms. The number of aromatic nitrogens is 3. The van der Waals surface area contributed by atoms with E-state index in [1.807, 2.05) is 6.92 Å². The number of nitrogens with zero attached hydrogens (tertiary/aromatic N) is 3. The number of rotatable bonds is 6. The summed E-state index contributed by atoms with van der Waals surface area (Å²) in [7, 11) is 0. The van der Waals surface area contributed by atoms with Crippen LogP contribution in [-0.2, 0) is 4.74 Å². The molecule has 0 aromatic carbocycles. The topological polar surface area (TPSA) is 83.3 Å². The van der Waals surface area contributed by atoms with Crippen molar-refractivity contribution in [1.29, 1.82) is 0 Å². The molecule has 0 aliphatic rings. The molecule has 118 valence electrons. The third-order valence-corrected chi connectivity index (χ3v) is 3.22. The summed E-state index contributed by atoms with van der Waals surface area (Å²) in [4.78, 5) is 37.7. The molecule has 2 aromatic rings. The Morgan fingerprint density at radius 3 is 2.82 bits per heavy atom. The highest BCUT2D eigenvalue weighted by atomic mass is 35.5. The van der Waals surface area contributed by atoms with Gasteiger partial charge in [0.1, 0.15) is 23.7 Å². The van der Waals surface area contributed by atoms with Crippen molar-refractivity contribution in [2.45, 2.75) is 26.7 Å². The molecule has 0 aliphatic carbocycles. The molecule has 0 spiro atoms. The number of halogens is 1. The van der Waals surface area contributed by atoms with E-state index in [0.29, 0.717) is 12.0 Å². The predicted molar refractivity (Wildman–Crippen MR) is 81.1 cm³/mol. The van der Waals surface area contributed by atoms with Crippen molar-refractivity contribution in [2.75, 3.05) is 13.2 Å². The van der Waals surface area contributed by atoms with Gasteiger partial charge < -0.3 is 9.57 Å². The maximum absolute atomic E-state index is 12.4. The Morgan fingerprint density at radius 1 is 1.36 bits per heavy atom. The molecule has 0 saturated heterocycles. The molecular formula is C14H16ClN3O4. The van der Waals surface area contributed by atoms with Crippen LogP contribution in [0.4, 0.5) is 0 Å². The normalized spacial score (nSPS) is 10.7. The second-order valence-electron chi connectivity index (χ2n) is 4.47. The molecule has 0 aliphatic heterocycles. The SMILES string of the molecule is CCCCOn1c(=O)c(C(=O)OCC)cc2c(Cl)ncnc21. The number of hydrogen-bond donors (Lipinski definition) is 0. The van der Waals surface area contributed by atoms with E-state index in [1.165, 1.54) is 12.4 Å². The zero-order valence-corrected chi connectivity index (χ0v) is 13.1. The summed E-state index contributed by atoms with van der Waals surface area (Å²) in [6.07, 6.45) is 2.89.